The van der Waals surface area contributed by atoms with Crippen LogP contribution in [0.2, 0.25) is 0 Å². The first-order chi connectivity index (χ1) is 13.0. The molecule has 3 aromatic rings. The molecule has 0 spiro atoms. The summed E-state index contributed by atoms with van der Waals surface area (Å²) in [5.41, 5.74) is 1.30. The Hall–Kier alpha value is -1.74. The van der Waals surface area contributed by atoms with E-state index in [1.807, 2.05) is 12.2 Å². The summed E-state index contributed by atoms with van der Waals surface area (Å²) < 4.78 is 2.95. The van der Waals surface area contributed by atoms with Gasteiger partial charge in [0.25, 0.3) is 5.56 Å². The molecule has 3 aromatic heterocycles. The van der Waals surface area contributed by atoms with E-state index in [-0.39, 0.29) is 11.6 Å². The summed E-state index contributed by atoms with van der Waals surface area (Å²) in [6, 6.07) is -0.102. The summed E-state index contributed by atoms with van der Waals surface area (Å²) in [5.74, 6) is 0. The van der Waals surface area contributed by atoms with Gasteiger partial charge in [0.05, 0.1) is 34.0 Å². The van der Waals surface area contributed by atoms with Crippen molar-refractivity contribution in [3.05, 3.63) is 50.6 Å². The van der Waals surface area contributed by atoms with Crippen LogP contribution in [-0.2, 0) is 0 Å². The second-order valence-corrected chi connectivity index (χ2v) is 8.67. The summed E-state index contributed by atoms with van der Waals surface area (Å²) in [6.45, 7) is 2.09. The zero-order chi connectivity index (χ0) is 19.1. The molecule has 0 fully saturated rings. The molecule has 0 saturated heterocycles. The van der Waals surface area contributed by atoms with Crippen molar-refractivity contribution in [2.45, 2.75) is 25.5 Å². The molecule has 1 aliphatic carbocycles. The van der Waals surface area contributed by atoms with E-state index in [1.54, 1.807) is 30.1 Å². The average molecular weight is 468 g/mol. The third-order valence-corrected chi connectivity index (χ3v) is 6.31. The highest BCUT2D eigenvalue weighted by Gasteiger charge is 2.20. The monoisotopic (exact) mass is 466 g/mol. The Labute approximate surface area is 172 Å². The first-order valence-corrected chi connectivity index (χ1v) is 10.4. The second-order valence-electron chi connectivity index (χ2n) is 6.38. The fourth-order valence-corrected chi connectivity index (χ4v) is 4.68. The van der Waals surface area contributed by atoms with Gasteiger partial charge in [-0.05, 0) is 35.4 Å². The van der Waals surface area contributed by atoms with Gasteiger partial charge in [-0.25, -0.2) is 9.97 Å². The lowest BCUT2D eigenvalue weighted by Crippen LogP contribution is -2.24. The number of nitrogens with one attached hydrogen (secondary N) is 1. The van der Waals surface area contributed by atoms with Crippen LogP contribution in [0.25, 0.3) is 20.4 Å². The molecule has 2 atom stereocenters. The molecule has 0 bridgehead atoms. The Kier molecular flexibility index (Phi) is 5.07. The molecule has 4 rings (SSSR count). The fraction of sp³-hybridized carbons (Fsp3) is 0.278. The predicted octanol–water partition coefficient (Wildman–Crippen LogP) is 4.19. The van der Waals surface area contributed by atoms with E-state index >= 15 is 0 Å². The van der Waals surface area contributed by atoms with Gasteiger partial charge in [0.15, 0.2) is 0 Å². The normalized spacial score (nSPS) is 18.1. The van der Waals surface area contributed by atoms with Crippen molar-refractivity contribution in [1.29, 1.82) is 0 Å². The van der Waals surface area contributed by atoms with Gasteiger partial charge in [-0.2, -0.15) is 0 Å². The molecule has 6 nitrogen and oxygen atoms in total. The highest BCUT2D eigenvalue weighted by atomic mass is 79.9. The number of allylic oxidation sites excluding steroid dienone is 4. The van der Waals surface area contributed by atoms with E-state index in [2.05, 4.69) is 31.2 Å². The molecule has 0 aliphatic heterocycles. The summed E-state index contributed by atoms with van der Waals surface area (Å²) in [7, 11) is 0. The molecule has 140 valence electrons. The van der Waals surface area contributed by atoms with Crippen molar-refractivity contribution in [1.82, 2.24) is 14.5 Å². The summed E-state index contributed by atoms with van der Waals surface area (Å²) >= 11 is 10.8. The Morgan fingerprint density at radius 2 is 2.33 bits per heavy atom. The van der Waals surface area contributed by atoms with Crippen molar-refractivity contribution in [3.8, 4) is 0 Å². The number of rotatable bonds is 4. The minimum Gasteiger partial charge on any atom is -0.392 e. The van der Waals surface area contributed by atoms with Crippen LogP contribution >= 0.6 is 38.9 Å². The van der Waals surface area contributed by atoms with Crippen LogP contribution in [0, 0.1) is 0 Å². The Morgan fingerprint density at radius 1 is 1.52 bits per heavy atom. The topological polar surface area (TPSA) is 80.0 Å². The maximum atomic E-state index is 13.1. The smallest absolute Gasteiger partial charge is 0.271 e. The third-order valence-electron chi connectivity index (χ3n) is 4.35. The van der Waals surface area contributed by atoms with Gasteiger partial charge < -0.3 is 10.4 Å². The van der Waals surface area contributed by atoms with E-state index in [0.717, 1.165) is 20.4 Å². The highest BCUT2D eigenvalue weighted by molar-refractivity contribution is 9.10. The number of anilines is 1. The molecule has 3 heterocycles. The van der Waals surface area contributed by atoms with E-state index < -0.39 is 6.10 Å². The van der Waals surface area contributed by atoms with Crippen LogP contribution in [-0.4, -0.2) is 32.3 Å². The summed E-state index contributed by atoms with van der Waals surface area (Å²) in [5, 5.41) is 14.3. The number of aromatic nitrogens is 3. The summed E-state index contributed by atoms with van der Waals surface area (Å²) in [6.07, 6.45) is 9.02. The SMILES string of the molecule is C[C@H](O)CNc1c(Br)cnc2sc3c(=O)n(C4C=CC(Cl)=CC4)cnc3c12. The lowest BCUT2D eigenvalue weighted by atomic mass is 10.1. The van der Waals surface area contributed by atoms with Gasteiger partial charge in [-0.15, -0.1) is 11.3 Å². The Balaban J connectivity index is 1.87. The minimum atomic E-state index is -0.506. The van der Waals surface area contributed by atoms with Crippen LogP contribution < -0.4 is 10.9 Å². The average Bonchev–Trinajstić information content (AvgIpc) is 3.02. The van der Waals surface area contributed by atoms with Crippen molar-refractivity contribution in [2.75, 3.05) is 11.9 Å². The van der Waals surface area contributed by atoms with Crippen molar-refractivity contribution < 1.29 is 5.11 Å². The predicted molar refractivity (Wildman–Crippen MR) is 114 cm³/mol. The van der Waals surface area contributed by atoms with Gasteiger partial charge in [0, 0.05) is 17.8 Å². The highest BCUT2D eigenvalue weighted by Crippen LogP contribution is 2.38. The number of aliphatic hydroxyl groups excluding tert-OH is 1. The molecule has 1 unspecified atom stereocenters. The van der Waals surface area contributed by atoms with Gasteiger partial charge in [-0.3, -0.25) is 9.36 Å². The molecule has 0 radical (unpaired) electrons. The number of pyridine rings is 1. The molecular formula is C18H16BrClN4O2S. The number of aliphatic hydroxyl groups is 1. The number of thiophene rings is 1. The first kappa shape index (κ1) is 18.6. The largest absolute Gasteiger partial charge is 0.392 e. The third kappa shape index (κ3) is 3.42. The van der Waals surface area contributed by atoms with Gasteiger partial charge in [-0.1, -0.05) is 23.8 Å². The standard InChI is InChI=1S/C18H16BrClN4O2S/c1-9(25)6-21-14-12(19)7-22-17-13(14)15-16(27-17)18(26)24(8-23-15)11-4-2-10(20)3-5-11/h2-4,7-9,11,25H,5-6H2,1H3,(H,21,22)/t9-,11?/m0/s1. The van der Waals surface area contributed by atoms with E-state index in [1.165, 1.54) is 11.3 Å². The number of fused-ring (bicyclic) bond motifs is 3. The number of hydrogen-bond donors (Lipinski definition) is 2. The van der Waals surface area contributed by atoms with E-state index in [4.69, 9.17) is 11.6 Å². The second kappa shape index (κ2) is 7.35. The lowest BCUT2D eigenvalue weighted by molar-refractivity contribution is 0.208. The van der Waals surface area contributed by atoms with Gasteiger partial charge in [0.2, 0.25) is 0 Å². The first-order valence-electron chi connectivity index (χ1n) is 8.39. The van der Waals surface area contributed by atoms with Gasteiger partial charge >= 0.3 is 0 Å². The molecule has 0 saturated carbocycles. The molecule has 27 heavy (non-hydrogen) atoms. The maximum absolute atomic E-state index is 13.1. The zero-order valence-electron chi connectivity index (χ0n) is 14.3. The van der Waals surface area contributed by atoms with Crippen molar-refractivity contribution in [2.24, 2.45) is 0 Å². The van der Waals surface area contributed by atoms with Crippen molar-refractivity contribution in [3.63, 3.8) is 0 Å². The molecule has 9 heteroatoms. The molecule has 1 aliphatic rings. The van der Waals surface area contributed by atoms with Crippen LogP contribution in [0.1, 0.15) is 19.4 Å². The van der Waals surface area contributed by atoms with Crippen LogP contribution in [0.3, 0.4) is 0 Å². The van der Waals surface area contributed by atoms with Crippen LogP contribution in [0.15, 0.2) is 45.1 Å². The van der Waals surface area contributed by atoms with Gasteiger partial charge in [0.1, 0.15) is 15.0 Å². The fourth-order valence-electron chi connectivity index (χ4n) is 3.03. The van der Waals surface area contributed by atoms with E-state index in [0.29, 0.717) is 28.2 Å². The summed E-state index contributed by atoms with van der Waals surface area (Å²) in [4.78, 5) is 22.8. The van der Waals surface area contributed by atoms with Crippen molar-refractivity contribution >= 4 is 65.0 Å². The zero-order valence-corrected chi connectivity index (χ0v) is 17.5. The quantitative estimate of drug-likeness (QED) is 0.601. The minimum absolute atomic E-state index is 0.0957. The maximum Gasteiger partial charge on any atom is 0.271 e. The Morgan fingerprint density at radius 3 is 3.04 bits per heavy atom. The lowest BCUT2D eigenvalue weighted by Gasteiger charge is -2.16. The van der Waals surface area contributed by atoms with Crippen LogP contribution in [0.4, 0.5) is 5.69 Å². The Bertz CT molecular complexity index is 1150. The van der Waals surface area contributed by atoms with E-state index in [9.17, 15) is 9.90 Å². The number of halogens is 2. The molecule has 2 N–H and O–H groups in total. The number of nitrogens with zero attached hydrogens (tertiary/aromatic N) is 3. The van der Waals surface area contributed by atoms with Crippen LogP contribution in [0.5, 0.6) is 0 Å². The number of hydrogen-bond acceptors (Lipinski definition) is 6. The molecule has 0 amide bonds. The molecule has 0 aromatic carbocycles. The molecular weight excluding hydrogens is 452 g/mol.